The summed E-state index contributed by atoms with van der Waals surface area (Å²) in [4.78, 5) is 11.2. The summed E-state index contributed by atoms with van der Waals surface area (Å²) < 4.78 is 0. The number of likely N-dealkylation sites (N-methyl/N-ethyl adjacent to an activating group) is 1. The lowest BCUT2D eigenvalue weighted by molar-refractivity contribution is -0.116. The highest BCUT2D eigenvalue weighted by molar-refractivity contribution is 6.01. The molecule has 0 atom stereocenters. The Bertz CT molecular complexity index is 427. The van der Waals surface area contributed by atoms with E-state index in [-0.39, 0.29) is 11.3 Å². The summed E-state index contributed by atoms with van der Waals surface area (Å²) in [6, 6.07) is 8.03. The average molecular weight is 202 g/mol. The van der Waals surface area contributed by atoms with E-state index >= 15 is 0 Å². The molecule has 76 valence electrons. The van der Waals surface area contributed by atoms with Gasteiger partial charge in [0.2, 0.25) is 0 Å². The number of hydrogen-bond acceptors (Lipinski definition) is 3. The van der Waals surface area contributed by atoms with Gasteiger partial charge < -0.3 is 10.4 Å². The van der Waals surface area contributed by atoms with E-state index < -0.39 is 5.91 Å². The predicted molar refractivity (Wildman–Crippen MR) is 55.8 cm³/mol. The highest BCUT2D eigenvalue weighted by Gasteiger charge is 2.05. The first-order valence-electron chi connectivity index (χ1n) is 4.30. The third-order valence-corrected chi connectivity index (χ3v) is 1.80. The van der Waals surface area contributed by atoms with Crippen molar-refractivity contribution in [3.05, 3.63) is 35.4 Å². The Hall–Kier alpha value is -2.28. The topological polar surface area (TPSA) is 73.1 Å². The van der Waals surface area contributed by atoms with Crippen LogP contribution < -0.4 is 5.32 Å². The van der Waals surface area contributed by atoms with E-state index in [9.17, 15) is 4.79 Å². The van der Waals surface area contributed by atoms with Crippen LogP contribution in [0, 0.1) is 11.3 Å². The van der Waals surface area contributed by atoms with E-state index in [4.69, 9.17) is 10.4 Å². The normalized spacial score (nSPS) is 10.5. The first-order valence-corrected chi connectivity index (χ1v) is 4.30. The van der Waals surface area contributed by atoms with Crippen molar-refractivity contribution in [3.63, 3.8) is 0 Å². The molecule has 0 fully saturated rings. The summed E-state index contributed by atoms with van der Waals surface area (Å²) in [6.45, 7) is 0. The zero-order valence-corrected chi connectivity index (χ0v) is 8.19. The fourth-order valence-electron chi connectivity index (χ4n) is 1.02. The van der Waals surface area contributed by atoms with Gasteiger partial charge in [-0.3, -0.25) is 4.79 Å². The van der Waals surface area contributed by atoms with Crippen LogP contribution in [0.1, 0.15) is 5.56 Å². The van der Waals surface area contributed by atoms with E-state index in [1.54, 1.807) is 18.2 Å². The Morgan fingerprint density at radius 3 is 2.53 bits per heavy atom. The van der Waals surface area contributed by atoms with Crippen LogP contribution in [-0.4, -0.2) is 18.1 Å². The molecule has 0 unspecified atom stereocenters. The van der Waals surface area contributed by atoms with Crippen LogP contribution >= 0.6 is 0 Å². The fourth-order valence-corrected chi connectivity index (χ4v) is 1.02. The lowest BCUT2D eigenvalue weighted by Gasteiger charge is -1.97. The number of nitriles is 1. The molecule has 0 aliphatic carbocycles. The number of aromatic hydroxyl groups is 1. The van der Waals surface area contributed by atoms with Crippen molar-refractivity contribution in [3.8, 4) is 11.8 Å². The van der Waals surface area contributed by atoms with Crippen LogP contribution in [0.5, 0.6) is 5.75 Å². The average Bonchev–Trinajstić information content (AvgIpc) is 2.27. The van der Waals surface area contributed by atoms with Gasteiger partial charge in [0.1, 0.15) is 17.4 Å². The summed E-state index contributed by atoms with van der Waals surface area (Å²) in [5.74, 6) is -0.281. The van der Waals surface area contributed by atoms with Gasteiger partial charge in [-0.05, 0) is 23.8 Å². The largest absolute Gasteiger partial charge is 0.508 e. The molecule has 4 heteroatoms. The lowest BCUT2D eigenvalue weighted by Crippen LogP contribution is -2.19. The van der Waals surface area contributed by atoms with Crippen molar-refractivity contribution >= 4 is 12.0 Å². The minimum atomic E-state index is -0.425. The zero-order valence-electron chi connectivity index (χ0n) is 8.19. The lowest BCUT2D eigenvalue weighted by atomic mass is 10.1. The van der Waals surface area contributed by atoms with E-state index in [0.717, 1.165) is 0 Å². The van der Waals surface area contributed by atoms with E-state index in [1.165, 1.54) is 25.3 Å². The highest BCUT2D eigenvalue weighted by atomic mass is 16.3. The molecule has 4 nitrogen and oxygen atoms in total. The number of nitrogens with zero attached hydrogens (tertiary/aromatic N) is 1. The quantitative estimate of drug-likeness (QED) is 0.556. The van der Waals surface area contributed by atoms with Crippen LogP contribution in [0.4, 0.5) is 0 Å². The number of phenolic OH excluding ortho intramolecular Hbond substituents is 1. The Balaban J connectivity index is 3.00. The standard InChI is InChI=1S/C11H10N2O2/c1-13-11(15)9(7-12)6-8-2-4-10(14)5-3-8/h2-6,14H,1H3,(H,13,15)/b9-6-. The molecule has 1 aromatic carbocycles. The van der Waals surface area contributed by atoms with Crippen LogP contribution in [0.3, 0.4) is 0 Å². The fraction of sp³-hybridized carbons (Fsp3) is 0.0909. The van der Waals surface area contributed by atoms with Crippen molar-refractivity contribution in [1.82, 2.24) is 5.32 Å². The summed E-state index contributed by atoms with van der Waals surface area (Å²) in [7, 11) is 1.46. The Labute approximate surface area is 87.5 Å². The molecule has 0 heterocycles. The number of amides is 1. The van der Waals surface area contributed by atoms with Gasteiger partial charge in [0, 0.05) is 7.05 Å². The maximum Gasteiger partial charge on any atom is 0.261 e. The monoisotopic (exact) mass is 202 g/mol. The number of carbonyl (C=O) groups is 1. The van der Waals surface area contributed by atoms with Gasteiger partial charge in [-0.15, -0.1) is 0 Å². The van der Waals surface area contributed by atoms with Crippen molar-refractivity contribution in [1.29, 1.82) is 5.26 Å². The van der Waals surface area contributed by atoms with Crippen molar-refractivity contribution < 1.29 is 9.90 Å². The van der Waals surface area contributed by atoms with Gasteiger partial charge in [-0.2, -0.15) is 5.26 Å². The van der Waals surface area contributed by atoms with Gasteiger partial charge in [0.25, 0.3) is 5.91 Å². The van der Waals surface area contributed by atoms with Crippen LogP contribution in [0.2, 0.25) is 0 Å². The summed E-state index contributed by atoms with van der Waals surface area (Å²) >= 11 is 0. The van der Waals surface area contributed by atoms with E-state index in [1.807, 2.05) is 0 Å². The minimum absolute atomic E-state index is 0.0307. The summed E-state index contributed by atoms with van der Waals surface area (Å²) in [5, 5.41) is 20.1. The van der Waals surface area contributed by atoms with Gasteiger partial charge in [0.05, 0.1) is 0 Å². The van der Waals surface area contributed by atoms with Gasteiger partial charge in [-0.25, -0.2) is 0 Å². The van der Waals surface area contributed by atoms with Gasteiger partial charge in [-0.1, -0.05) is 12.1 Å². The van der Waals surface area contributed by atoms with E-state index in [0.29, 0.717) is 5.56 Å². The molecule has 0 aliphatic rings. The van der Waals surface area contributed by atoms with Crippen LogP contribution in [-0.2, 0) is 4.79 Å². The first-order chi connectivity index (χ1) is 7.17. The zero-order chi connectivity index (χ0) is 11.3. The van der Waals surface area contributed by atoms with Crippen molar-refractivity contribution in [2.24, 2.45) is 0 Å². The number of nitrogens with one attached hydrogen (secondary N) is 1. The molecule has 15 heavy (non-hydrogen) atoms. The molecule has 1 rings (SSSR count). The number of hydrogen-bond donors (Lipinski definition) is 2. The minimum Gasteiger partial charge on any atom is -0.508 e. The molecule has 1 amide bonds. The maximum atomic E-state index is 11.2. The Morgan fingerprint density at radius 1 is 1.47 bits per heavy atom. The molecule has 0 saturated heterocycles. The van der Waals surface area contributed by atoms with Crippen LogP contribution in [0.15, 0.2) is 29.8 Å². The third kappa shape index (κ3) is 2.85. The second-order valence-electron chi connectivity index (χ2n) is 2.84. The summed E-state index contributed by atoms with van der Waals surface area (Å²) in [5.41, 5.74) is 0.719. The number of phenols is 1. The van der Waals surface area contributed by atoms with Gasteiger partial charge >= 0.3 is 0 Å². The molecule has 0 bridgehead atoms. The van der Waals surface area contributed by atoms with Gasteiger partial charge in [0.15, 0.2) is 0 Å². The third-order valence-electron chi connectivity index (χ3n) is 1.80. The molecule has 1 aromatic rings. The summed E-state index contributed by atoms with van der Waals surface area (Å²) in [6.07, 6.45) is 1.46. The smallest absolute Gasteiger partial charge is 0.261 e. The highest BCUT2D eigenvalue weighted by Crippen LogP contribution is 2.12. The van der Waals surface area contributed by atoms with E-state index in [2.05, 4.69) is 5.32 Å². The molecule has 0 aromatic heterocycles. The SMILES string of the molecule is CNC(=O)/C(C#N)=C\c1ccc(O)cc1. The first kappa shape index (κ1) is 10.8. The van der Waals surface area contributed by atoms with Crippen LogP contribution in [0.25, 0.3) is 6.08 Å². The molecule has 0 radical (unpaired) electrons. The second kappa shape index (κ2) is 4.82. The Kier molecular flexibility index (Phi) is 3.47. The Morgan fingerprint density at radius 2 is 2.07 bits per heavy atom. The second-order valence-corrected chi connectivity index (χ2v) is 2.84. The van der Waals surface area contributed by atoms with Crippen molar-refractivity contribution in [2.75, 3.05) is 7.05 Å². The molecular weight excluding hydrogens is 192 g/mol. The molecule has 0 aliphatic heterocycles. The molecular formula is C11H10N2O2. The molecule has 0 saturated carbocycles. The predicted octanol–water partition coefficient (Wildman–Crippen LogP) is 1.05. The maximum absolute atomic E-state index is 11.2. The molecule has 2 N–H and O–H groups in total. The number of carbonyl (C=O) groups excluding carboxylic acids is 1. The number of rotatable bonds is 2. The van der Waals surface area contributed by atoms with Crippen molar-refractivity contribution in [2.45, 2.75) is 0 Å². The number of benzene rings is 1. The molecule has 0 spiro atoms.